The van der Waals surface area contributed by atoms with Crippen molar-refractivity contribution in [3.05, 3.63) is 0 Å². The molecular weight excluding hydrogens is 150 g/mol. The monoisotopic (exact) mass is 161 g/mol. The SMILES string of the molecule is FC1(F)CCN1CC1CC[N]1. The van der Waals surface area contributed by atoms with E-state index >= 15 is 0 Å². The van der Waals surface area contributed by atoms with Gasteiger partial charge in [0.05, 0.1) is 0 Å². The van der Waals surface area contributed by atoms with Crippen LogP contribution in [0.1, 0.15) is 12.8 Å². The molecule has 2 fully saturated rings. The van der Waals surface area contributed by atoms with Crippen molar-refractivity contribution in [1.29, 1.82) is 0 Å². The van der Waals surface area contributed by atoms with Crippen molar-refractivity contribution in [2.45, 2.75) is 24.9 Å². The Morgan fingerprint density at radius 2 is 2.27 bits per heavy atom. The first-order valence-corrected chi connectivity index (χ1v) is 3.98. The second kappa shape index (κ2) is 2.38. The minimum absolute atomic E-state index is 0.0275. The Labute approximate surface area is 64.6 Å². The van der Waals surface area contributed by atoms with Crippen molar-refractivity contribution >= 4 is 0 Å². The fourth-order valence-electron chi connectivity index (χ4n) is 1.38. The Morgan fingerprint density at radius 1 is 1.55 bits per heavy atom. The molecule has 63 valence electrons. The Hall–Kier alpha value is -0.220. The molecule has 1 radical (unpaired) electrons. The molecule has 1 atom stereocenters. The third kappa shape index (κ3) is 1.25. The lowest BCUT2D eigenvalue weighted by atomic mass is 10.0. The number of hydrogen-bond donors (Lipinski definition) is 0. The van der Waals surface area contributed by atoms with Crippen LogP contribution in [0.5, 0.6) is 0 Å². The lowest BCUT2D eigenvalue weighted by Gasteiger charge is -2.43. The summed E-state index contributed by atoms with van der Waals surface area (Å²) in [5.74, 6) is 0. The van der Waals surface area contributed by atoms with E-state index in [4.69, 9.17) is 0 Å². The zero-order valence-corrected chi connectivity index (χ0v) is 6.26. The summed E-state index contributed by atoms with van der Waals surface area (Å²) in [6.07, 6.45) is 1.02. The fraction of sp³-hybridized carbons (Fsp3) is 1.00. The van der Waals surface area contributed by atoms with Crippen molar-refractivity contribution in [2.24, 2.45) is 0 Å². The van der Waals surface area contributed by atoms with Crippen LogP contribution >= 0.6 is 0 Å². The largest absolute Gasteiger partial charge is 0.306 e. The lowest BCUT2D eigenvalue weighted by molar-refractivity contribution is -0.219. The molecule has 0 N–H and O–H groups in total. The predicted molar refractivity (Wildman–Crippen MR) is 36.5 cm³/mol. The quantitative estimate of drug-likeness (QED) is 0.544. The summed E-state index contributed by atoms with van der Waals surface area (Å²) in [7, 11) is 0. The Balaban J connectivity index is 1.78. The molecule has 2 heterocycles. The van der Waals surface area contributed by atoms with Gasteiger partial charge in [-0.2, -0.15) is 8.78 Å². The van der Waals surface area contributed by atoms with Gasteiger partial charge in [-0.05, 0) is 6.42 Å². The van der Waals surface area contributed by atoms with E-state index in [1.165, 1.54) is 4.90 Å². The lowest BCUT2D eigenvalue weighted by Crippen LogP contribution is -2.59. The van der Waals surface area contributed by atoms with Gasteiger partial charge in [0.1, 0.15) is 0 Å². The smallest absolute Gasteiger partial charge is 0.243 e. The number of hydrogen-bond acceptors (Lipinski definition) is 1. The van der Waals surface area contributed by atoms with Crippen LogP contribution in [0.3, 0.4) is 0 Å². The van der Waals surface area contributed by atoms with Crippen molar-refractivity contribution < 1.29 is 8.78 Å². The molecule has 0 aromatic rings. The zero-order chi connectivity index (χ0) is 7.90. The highest BCUT2D eigenvalue weighted by Gasteiger charge is 2.46. The summed E-state index contributed by atoms with van der Waals surface area (Å²) >= 11 is 0. The molecule has 0 saturated carbocycles. The van der Waals surface area contributed by atoms with Crippen LogP contribution in [0.2, 0.25) is 0 Å². The van der Waals surface area contributed by atoms with Crippen LogP contribution < -0.4 is 5.32 Å². The first-order valence-electron chi connectivity index (χ1n) is 3.98. The van der Waals surface area contributed by atoms with Crippen molar-refractivity contribution in [2.75, 3.05) is 19.6 Å². The Bertz CT molecular complexity index is 157. The van der Waals surface area contributed by atoms with Gasteiger partial charge in [-0.25, -0.2) is 10.2 Å². The Morgan fingerprint density at radius 3 is 2.55 bits per heavy atom. The van der Waals surface area contributed by atoms with Crippen LogP contribution in [0, 0.1) is 0 Å². The number of likely N-dealkylation sites (tertiary alicyclic amines) is 1. The van der Waals surface area contributed by atoms with Gasteiger partial charge in [0.25, 0.3) is 0 Å². The van der Waals surface area contributed by atoms with E-state index < -0.39 is 6.05 Å². The molecule has 0 aromatic heterocycles. The summed E-state index contributed by atoms with van der Waals surface area (Å²) < 4.78 is 25.2. The van der Waals surface area contributed by atoms with Gasteiger partial charge < -0.3 is 0 Å². The minimum atomic E-state index is -2.52. The summed E-state index contributed by atoms with van der Waals surface area (Å²) in [5.41, 5.74) is 0. The molecular formula is C7H11F2N2. The minimum Gasteiger partial charge on any atom is -0.243 e. The molecule has 2 saturated heterocycles. The maximum absolute atomic E-state index is 12.6. The van der Waals surface area contributed by atoms with E-state index in [-0.39, 0.29) is 12.5 Å². The van der Waals surface area contributed by atoms with Gasteiger partial charge in [0.15, 0.2) is 0 Å². The standard InChI is InChI=1S/C7H11F2N2/c8-7(9)2-4-11(7)5-6-1-3-10-6/h6H,1-5H2. The topological polar surface area (TPSA) is 17.3 Å². The van der Waals surface area contributed by atoms with Gasteiger partial charge in [0.2, 0.25) is 0 Å². The summed E-state index contributed by atoms with van der Waals surface area (Å²) in [6, 6.07) is -2.33. The van der Waals surface area contributed by atoms with Crippen LogP contribution in [-0.4, -0.2) is 36.6 Å². The van der Waals surface area contributed by atoms with E-state index in [0.29, 0.717) is 13.1 Å². The van der Waals surface area contributed by atoms with Crippen molar-refractivity contribution in [3.63, 3.8) is 0 Å². The average Bonchev–Trinajstić information content (AvgIpc) is 1.83. The van der Waals surface area contributed by atoms with E-state index in [0.717, 1.165) is 13.0 Å². The van der Waals surface area contributed by atoms with E-state index in [1.54, 1.807) is 0 Å². The molecule has 0 bridgehead atoms. The fourth-order valence-corrected chi connectivity index (χ4v) is 1.38. The van der Waals surface area contributed by atoms with Gasteiger partial charge in [0, 0.05) is 32.1 Å². The predicted octanol–water partition coefficient (Wildman–Crippen LogP) is 0.662. The second-order valence-corrected chi connectivity index (χ2v) is 3.21. The maximum atomic E-state index is 12.6. The third-order valence-electron chi connectivity index (χ3n) is 2.43. The molecule has 0 amide bonds. The summed E-state index contributed by atoms with van der Waals surface area (Å²) in [5, 5.41) is 4.08. The molecule has 2 rings (SSSR count). The normalized spacial score (nSPS) is 36.0. The van der Waals surface area contributed by atoms with Gasteiger partial charge in [-0.15, -0.1) is 0 Å². The second-order valence-electron chi connectivity index (χ2n) is 3.21. The summed E-state index contributed by atoms with van der Waals surface area (Å²) in [4.78, 5) is 1.22. The van der Waals surface area contributed by atoms with E-state index in [9.17, 15) is 8.78 Å². The molecule has 11 heavy (non-hydrogen) atoms. The van der Waals surface area contributed by atoms with Gasteiger partial charge >= 0.3 is 6.05 Å². The zero-order valence-electron chi connectivity index (χ0n) is 6.26. The summed E-state index contributed by atoms with van der Waals surface area (Å²) in [6.45, 7) is 1.87. The molecule has 4 heteroatoms. The number of nitrogens with zero attached hydrogens (tertiary/aromatic N) is 2. The first-order chi connectivity index (χ1) is 5.18. The molecule has 0 aliphatic carbocycles. The van der Waals surface area contributed by atoms with Crippen LogP contribution in [0.25, 0.3) is 0 Å². The average molecular weight is 161 g/mol. The number of halogens is 2. The van der Waals surface area contributed by atoms with Crippen LogP contribution in [-0.2, 0) is 0 Å². The number of rotatable bonds is 2. The molecule has 1 unspecified atom stereocenters. The maximum Gasteiger partial charge on any atom is 0.306 e. The highest BCUT2D eigenvalue weighted by atomic mass is 19.3. The van der Waals surface area contributed by atoms with Crippen LogP contribution in [0.15, 0.2) is 0 Å². The first kappa shape index (κ1) is 7.43. The molecule has 2 aliphatic rings. The third-order valence-corrected chi connectivity index (χ3v) is 2.43. The van der Waals surface area contributed by atoms with Crippen molar-refractivity contribution in [3.8, 4) is 0 Å². The van der Waals surface area contributed by atoms with E-state index in [1.807, 2.05) is 0 Å². The molecule has 0 spiro atoms. The number of alkyl halides is 2. The highest BCUT2D eigenvalue weighted by Crippen LogP contribution is 2.33. The van der Waals surface area contributed by atoms with Crippen LogP contribution in [0.4, 0.5) is 8.78 Å². The molecule has 2 aliphatic heterocycles. The Kier molecular flexibility index (Phi) is 1.61. The molecule has 0 aromatic carbocycles. The van der Waals surface area contributed by atoms with Crippen molar-refractivity contribution in [1.82, 2.24) is 10.2 Å². The van der Waals surface area contributed by atoms with E-state index in [2.05, 4.69) is 5.32 Å². The van der Waals surface area contributed by atoms with Gasteiger partial charge in [-0.1, -0.05) is 0 Å². The molecule has 2 nitrogen and oxygen atoms in total. The van der Waals surface area contributed by atoms with Gasteiger partial charge in [-0.3, -0.25) is 0 Å². The highest BCUT2D eigenvalue weighted by molar-refractivity contribution is 4.88.